The molecule has 1 heterocycles. The summed E-state index contributed by atoms with van der Waals surface area (Å²) in [5.41, 5.74) is 2.18. The van der Waals surface area contributed by atoms with Crippen molar-refractivity contribution >= 4 is 35.8 Å². The fourth-order valence-electron chi connectivity index (χ4n) is 3.09. The van der Waals surface area contributed by atoms with E-state index >= 15 is 0 Å². The van der Waals surface area contributed by atoms with Crippen molar-refractivity contribution in [2.75, 3.05) is 33.9 Å². The van der Waals surface area contributed by atoms with Crippen LogP contribution < -0.4 is 20.1 Å². The Morgan fingerprint density at radius 2 is 1.79 bits per heavy atom. The zero-order chi connectivity index (χ0) is 20.0. The zero-order valence-corrected chi connectivity index (χ0v) is 20.0. The molecule has 0 saturated heterocycles. The van der Waals surface area contributed by atoms with Crippen LogP contribution in [-0.2, 0) is 17.8 Å². The van der Waals surface area contributed by atoms with Crippen LogP contribution in [0, 0.1) is 0 Å². The average molecular weight is 504 g/mol. The Kier molecular flexibility index (Phi) is 9.32. The Bertz CT molecular complexity index is 701. The molecule has 0 aromatic heterocycles. The second kappa shape index (κ2) is 10.7. The fourth-order valence-corrected chi connectivity index (χ4v) is 3.09. The number of halogens is 1. The van der Waals surface area contributed by atoms with Gasteiger partial charge < -0.3 is 25.0 Å². The van der Waals surface area contributed by atoms with E-state index in [-0.39, 0.29) is 42.0 Å². The summed E-state index contributed by atoms with van der Waals surface area (Å²) in [7, 11) is 3.29. The van der Waals surface area contributed by atoms with Gasteiger partial charge in [0.05, 0.1) is 14.2 Å². The molecule has 1 aromatic rings. The molecule has 1 amide bonds. The average Bonchev–Trinajstić information content (AvgIpc) is 2.62. The standard InChI is InChI=1S/C20H32N4O3.HI/c1-7-21-19(22-12-18(25)23-20(2,3)4)24-9-8-14-10-16(26-5)17(27-6)11-15(14)13-24;/h10-11H,7-9,12-13H2,1-6H3,(H,21,22)(H,23,25);1H. The van der Waals surface area contributed by atoms with Gasteiger partial charge in [0, 0.05) is 25.2 Å². The molecule has 0 aliphatic carbocycles. The van der Waals surface area contributed by atoms with Crippen molar-refractivity contribution in [2.45, 2.75) is 46.2 Å². The molecular formula is C20H33IN4O3. The van der Waals surface area contributed by atoms with E-state index in [1.807, 2.05) is 39.8 Å². The second-order valence-electron chi connectivity index (χ2n) is 7.62. The number of amides is 1. The van der Waals surface area contributed by atoms with Gasteiger partial charge in [0.1, 0.15) is 6.54 Å². The van der Waals surface area contributed by atoms with E-state index in [4.69, 9.17) is 9.47 Å². The maximum Gasteiger partial charge on any atom is 0.242 e. The molecule has 1 aliphatic heterocycles. The van der Waals surface area contributed by atoms with Gasteiger partial charge in [0.2, 0.25) is 5.91 Å². The van der Waals surface area contributed by atoms with Crippen LogP contribution in [-0.4, -0.2) is 56.2 Å². The highest BCUT2D eigenvalue weighted by Gasteiger charge is 2.22. The highest BCUT2D eigenvalue weighted by Crippen LogP contribution is 2.33. The summed E-state index contributed by atoms with van der Waals surface area (Å²) in [5.74, 6) is 2.15. The number of fused-ring (bicyclic) bond motifs is 1. The molecular weight excluding hydrogens is 471 g/mol. The summed E-state index contributed by atoms with van der Waals surface area (Å²) < 4.78 is 10.8. The van der Waals surface area contributed by atoms with Crippen LogP contribution in [0.4, 0.5) is 0 Å². The van der Waals surface area contributed by atoms with Gasteiger partial charge in [0.15, 0.2) is 17.5 Å². The number of carbonyl (C=O) groups is 1. The number of nitrogens with zero attached hydrogens (tertiary/aromatic N) is 2. The summed E-state index contributed by atoms with van der Waals surface area (Å²) in [6, 6.07) is 4.07. The molecule has 1 aliphatic rings. The largest absolute Gasteiger partial charge is 0.493 e. The van der Waals surface area contributed by atoms with Gasteiger partial charge in [-0.1, -0.05) is 0 Å². The predicted molar refractivity (Wildman–Crippen MR) is 123 cm³/mol. The number of ether oxygens (including phenoxy) is 2. The van der Waals surface area contributed by atoms with E-state index in [2.05, 4.69) is 20.5 Å². The SMILES string of the molecule is CCNC(=NCC(=O)NC(C)(C)C)N1CCc2cc(OC)c(OC)cc2C1.I. The minimum atomic E-state index is -0.259. The van der Waals surface area contributed by atoms with Crippen LogP contribution >= 0.6 is 24.0 Å². The molecule has 0 fully saturated rings. The predicted octanol–water partition coefficient (Wildman–Crippen LogP) is 2.56. The minimum absolute atomic E-state index is 0. The first kappa shape index (κ1) is 24.3. The Morgan fingerprint density at radius 1 is 1.18 bits per heavy atom. The van der Waals surface area contributed by atoms with Crippen LogP contribution in [0.2, 0.25) is 0 Å². The van der Waals surface area contributed by atoms with E-state index in [0.717, 1.165) is 37.0 Å². The normalized spacial score (nSPS) is 13.9. The van der Waals surface area contributed by atoms with Crippen molar-refractivity contribution in [1.29, 1.82) is 0 Å². The Labute approximate surface area is 185 Å². The lowest BCUT2D eigenvalue weighted by molar-refractivity contribution is -0.121. The first-order valence-corrected chi connectivity index (χ1v) is 9.35. The third-order valence-electron chi connectivity index (χ3n) is 4.24. The van der Waals surface area contributed by atoms with E-state index in [9.17, 15) is 4.79 Å². The van der Waals surface area contributed by atoms with Crippen LogP contribution in [0.5, 0.6) is 11.5 Å². The summed E-state index contributed by atoms with van der Waals surface area (Å²) in [6.45, 7) is 10.3. The van der Waals surface area contributed by atoms with Gasteiger partial charge in [-0.3, -0.25) is 4.79 Å². The van der Waals surface area contributed by atoms with Crippen molar-refractivity contribution in [3.63, 3.8) is 0 Å². The minimum Gasteiger partial charge on any atom is -0.493 e. The number of hydrogen-bond donors (Lipinski definition) is 2. The first-order chi connectivity index (χ1) is 12.8. The Balaban J connectivity index is 0.00000392. The van der Waals surface area contributed by atoms with Gasteiger partial charge in [-0.05, 0) is 57.4 Å². The maximum absolute atomic E-state index is 12.1. The topological polar surface area (TPSA) is 75.2 Å². The summed E-state index contributed by atoms with van der Waals surface area (Å²) >= 11 is 0. The number of aliphatic imine (C=N–C) groups is 1. The van der Waals surface area contributed by atoms with Crippen LogP contribution in [0.15, 0.2) is 17.1 Å². The van der Waals surface area contributed by atoms with Crippen LogP contribution in [0.3, 0.4) is 0 Å². The van der Waals surface area contributed by atoms with E-state index in [1.165, 1.54) is 11.1 Å². The fraction of sp³-hybridized carbons (Fsp3) is 0.600. The van der Waals surface area contributed by atoms with Crippen LogP contribution in [0.25, 0.3) is 0 Å². The summed E-state index contributed by atoms with van der Waals surface area (Å²) in [6.07, 6.45) is 0.883. The third-order valence-corrected chi connectivity index (χ3v) is 4.24. The van der Waals surface area contributed by atoms with E-state index in [0.29, 0.717) is 6.54 Å². The molecule has 0 atom stereocenters. The quantitative estimate of drug-likeness (QED) is 0.367. The first-order valence-electron chi connectivity index (χ1n) is 9.35. The second-order valence-corrected chi connectivity index (χ2v) is 7.62. The number of methoxy groups -OCH3 is 2. The van der Waals surface area contributed by atoms with Gasteiger partial charge in [-0.2, -0.15) is 0 Å². The molecule has 158 valence electrons. The number of carbonyl (C=O) groups excluding carboxylic acids is 1. The monoisotopic (exact) mass is 504 g/mol. The van der Waals surface area contributed by atoms with Crippen molar-refractivity contribution in [3.05, 3.63) is 23.3 Å². The van der Waals surface area contributed by atoms with Crippen molar-refractivity contribution < 1.29 is 14.3 Å². The number of benzene rings is 1. The molecule has 2 N–H and O–H groups in total. The van der Waals surface area contributed by atoms with Crippen molar-refractivity contribution in [2.24, 2.45) is 4.99 Å². The lowest BCUT2D eigenvalue weighted by Crippen LogP contribution is -2.45. The molecule has 0 bridgehead atoms. The van der Waals surface area contributed by atoms with Crippen LogP contribution in [0.1, 0.15) is 38.8 Å². The number of hydrogen-bond acceptors (Lipinski definition) is 4. The van der Waals surface area contributed by atoms with Crippen molar-refractivity contribution in [1.82, 2.24) is 15.5 Å². The van der Waals surface area contributed by atoms with Gasteiger partial charge >= 0.3 is 0 Å². The van der Waals surface area contributed by atoms with E-state index in [1.54, 1.807) is 14.2 Å². The number of nitrogens with one attached hydrogen (secondary N) is 2. The van der Waals surface area contributed by atoms with E-state index < -0.39 is 0 Å². The Hall–Kier alpha value is -1.71. The third kappa shape index (κ3) is 6.72. The molecule has 0 saturated carbocycles. The Morgan fingerprint density at radius 3 is 2.32 bits per heavy atom. The smallest absolute Gasteiger partial charge is 0.242 e. The van der Waals surface area contributed by atoms with Gasteiger partial charge in [-0.15, -0.1) is 24.0 Å². The molecule has 7 nitrogen and oxygen atoms in total. The molecule has 2 rings (SSSR count). The molecule has 28 heavy (non-hydrogen) atoms. The lowest BCUT2D eigenvalue weighted by Gasteiger charge is -2.32. The zero-order valence-electron chi connectivity index (χ0n) is 17.7. The van der Waals surface area contributed by atoms with Gasteiger partial charge in [-0.25, -0.2) is 4.99 Å². The molecule has 0 spiro atoms. The number of rotatable bonds is 5. The maximum atomic E-state index is 12.1. The summed E-state index contributed by atoms with van der Waals surface area (Å²) in [5, 5.41) is 6.23. The van der Waals surface area contributed by atoms with Gasteiger partial charge in [0.25, 0.3) is 0 Å². The number of guanidine groups is 1. The molecule has 8 heteroatoms. The highest BCUT2D eigenvalue weighted by atomic mass is 127. The molecule has 0 unspecified atom stereocenters. The highest BCUT2D eigenvalue weighted by molar-refractivity contribution is 14.0. The molecule has 1 aromatic carbocycles. The lowest BCUT2D eigenvalue weighted by atomic mass is 9.99. The summed E-state index contributed by atoms with van der Waals surface area (Å²) in [4.78, 5) is 18.8. The van der Waals surface area contributed by atoms with Crippen molar-refractivity contribution in [3.8, 4) is 11.5 Å². The molecule has 0 radical (unpaired) electrons.